The van der Waals surface area contributed by atoms with Gasteiger partial charge in [-0.25, -0.2) is 4.68 Å². The molecule has 1 fully saturated rings. The predicted octanol–water partition coefficient (Wildman–Crippen LogP) is -0.926. The molecule has 7 heteroatoms. The highest BCUT2D eigenvalue weighted by Gasteiger charge is 2.16. The number of nitrogens with zero attached hydrogens (tertiary/aromatic N) is 3. The standard InChI is InChI=1S/C12H18N4O3/c1-19-10-3-4-11(17)16(14-10)9-12(18)15-7-2-5-13-6-8-15/h3-4,13H,2,5-9H2,1H3. The quantitative estimate of drug-likeness (QED) is 0.765. The summed E-state index contributed by atoms with van der Waals surface area (Å²) in [5, 5.41) is 7.20. The van der Waals surface area contributed by atoms with Crippen LogP contribution in [0, 0.1) is 0 Å². The highest BCUT2D eigenvalue weighted by Crippen LogP contribution is 2.01. The normalized spacial score (nSPS) is 15.9. The van der Waals surface area contributed by atoms with Gasteiger partial charge in [0, 0.05) is 31.8 Å². The molecule has 1 aliphatic rings. The Balaban J connectivity index is 2.07. The summed E-state index contributed by atoms with van der Waals surface area (Å²) in [6, 6.07) is 2.84. The lowest BCUT2D eigenvalue weighted by molar-refractivity contribution is -0.131. The number of nitrogens with one attached hydrogen (secondary N) is 1. The molecular weight excluding hydrogens is 248 g/mol. The molecule has 2 rings (SSSR count). The second-order valence-corrected chi connectivity index (χ2v) is 4.36. The molecule has 1 N–H and O–H groups in total. The summed E-state index contributed by atoms with van der Waals surface area (Å²) < 4.78 is 6.09. The average molecular weight is 266 g/mol. The lowest BCUT2D eigenvalue weighted by Crippen LogP contribution is -2.39. The van der Waals surface area contributed by atoms with Crippen LogP contribution in [-0.2, 0) is 11.3 Å². The summed E-state index contributed by atoms with van der Waals surface area (Å²) in [7, 11) is 1.47. The molecule has 1 aromatic rings. The van der Waals surface area contributed by atoms with E-state index in [2.05, 4.69) is 10.4 Å². The number of ether oxygens (including phenoxy) is 1. The lowest BCUT2D eigenvalue weighted by Gasteiger charge is -2.20. The molecule has 1 amide bonds. The zero-order valence-electron chi connectivity index (χ0n) is 11.0. The van der Waals surface area contributed by atoms with E-state index in [-0.39, 0.29) is 18.0 Å². The Kier molecular flexibility index (Phi) is 4.51. The molecule has 0 saturated carbocycles. The maximum absolute atomic E-state index is 12.1. The van der Waals surface area contributed by atoms with Gasteiger partial charge in [0.25, 0.3) is 5.56 Å². The Labute approximate surface area is 111 Å². The Morgan fingerprint density at radius 3 is 3.05 bits per heavy atom. The third-order valence-corrected chi connectivity index (χ3v) is 3.03. The van der Waals surface area contributed by atoms with Crippen LogP contribution in [0.4, 0.5) is 0 Å². The maximum Gasteiger partial charge on any atom is 0.267 e. The van der Waals surface area contributed by atoms with E-state index in [0.717, 1.165) is 24.2 Å². The first-order valence-electron chi connectivity index (χ1n) is 6.31. The molecule has 1 aliphatic heterocycles. The smallest absolute Gasteiger partial charge is 0.267 e. The van der Waals surface area contributed by atoms with Gasteiger partial charge in [0.1, 0.15) is 6.54 Å². The van der Waals surface area contributed by atoms with Crippen LogP contribution >= 0.6 is 0 Å². The van der Waals surface area contributed by atoms with Gasteiger partial charge in [-0.1, -0.05) is 0 Å². The van der Waals surface area contributed by atoms with Crippen molar-refractivity contribution in [3.8, 4) is 5.88 Å². The monoisotopic (exact) mass is 266 g/mol. The minimum atomic E-state index is -0.304. The Morgan fingerprint density at radius 1 is 1.42 bits per heavy atom. The number of carbonyl (C=O) groups is 1. The highest BCUT2D eigenvalue weighted by molar-refractivity contribution is 5.75. The molecule has 0 aliphatic carbocycles. The van der Waals surface area contributed by atoms with Crippen LogP contribution in [0.1, 0.15) is 6.42 Å². The van der Waals surface area contributed by atoms with E-state index in [4.69, 9.17) is 4.74 Å². The van der Waals surface area contributed by atoms with Crippen molar-refractivity contribution in [3.05, 3.63) is 22.5 Å². The molecule has 0 atom stereocenters. The van der Waals surface area contributed by atoms with E-state index >= 15 is 0 Å². The Morgan fingerprint density at radius 2 is 2.26 bits per heavy atom. The van der Waals surface area contributed by atoms with Crippen LogP contribution in [0.25, 0.3) is 0 Å². The van der Waals surface area contributed by atoms with E-state index in [9.17, 15) is 9.59 Å². The summed E-state index contributed by atoms with van der Waals surface area (Å²) >= 11 is 0. The van der Waals surface area contributed by atoms with Crippen LogP contribution in [0.5, 0.6) is 5.88 Å². The van der Waals surface area contributed by atoms with Gasteiger partial charge in [0.05, 0.1) is 7.11 Å². The molecule has 0 bridgehead atoms. The van der Waals surface area contributed by atoms with Gasteiger partial charge >= 0.3 is 0 Å². The van der Waals surface area contributed by atoms with E-state index in [0.29, 0.717) is 19.0 Å². The lowest BCUT2D eigenvalue weighted by atomic mass is 10.4. The number of hydrogen-bond acceptors (Lipinski definition) is 5. The number of aromatic nitrogens is 2. The van der Waals surface area contributed by atoms with Crippen molar-refractivity contribution in [2.24, 2.45) is 0 Å². The SMILES string of the molecule is COc1ccc(=O)n(CC(=O)N2CCCNCC2)n1. The van der Waals surface area contributed by atoms with Crippen molar-refractivity contribution in [3.63, 3.8) is 0 Å². The maximum atomic E-state index is 12.1. The number of carbonyl (C=O) groups excluding carboxylic acids is 1. The Hall–Kier alpha value is -1.89. The van der Waals surface area contributed by atoms with Crippen molar-refractivity contribution >= 4 is 5.91 Å². The van der Waals surface area contributed by atoms with Crippen molar-refractivity contribution in [1.29, 1.82) is 0 Å². The van der Waals surface area contributed by atoms with Gasteiger partial charge < -0.3 is 15.0 Å². The van der Waals surface area contributed by atoms with Gasteiger partial charge in [0.15, 0.2) is 0 Å². The van der Waals surface area contributed by atoms with Crippen LogP contribution in [-0.4, -0.2) is 53.9 Å². The van der Waals surface area contributed by atoms with Crippen LogP contribution < -0.4 is 15.6 Å². The third-order valence-electron chi connectivity index (χ3n) is 3.03. The topological polar surface area (TPSA) is 76.5 Å². The fourth-order valence-electron chi connectivity index (χ4n) is 1.98. The highest BCUT2D eigenvalue weighted by atomic mass is 16.5. The van der Waals surface area contributed by atoms with Gasteiger partial charge in [0.2, 0.25) is 11.8 Å². The zero-order chi connectivity index (χ0) is 13.7. The minimum absolute atomic E-state index is 0.0456. The molecular formula is C12H18N4O3. The molecule has 1 aromatic heterocycles. The average Bonchev–Trinajstić information content (AvgIpc) is 2.70. The molecule has 7 nitrogen and oxygen atoms in total. The second kappa shape index (κ2) is 6.33. The van der Waals surface area contributed by atoms with Crippen LogP contribution in [0.2, 0.25) is 0 Å². The molecule has 0 spiro atoms. The fourth-order valence-corrected chi connectivity index (χ4v) is 1.98. The van der Waals surface area contributed by atoms with E-state index in [1.54, 1.807) is 4.90 Å². The summed E-state index contributed by atoms with van der Waals surface area (Å²) in [6.07, 6.45) is 0.923. The van der Waals surface area contributed by atoms with Crippen LogP contribution in [0.15, 0.2) is 16.9 Å². The molecule has 0 unspecified atom stereocenters. The van der Waals surface area contributed by atoms with Crippen molar-refractivity contribution < 1.29 is 9.53 Å². The van der Waals surface area contributed by atoms with Crippen molar-refractivity contribution in [2.75, 3.05) is 33.3 Å². The summed E-state index contributed by atoms with van der Waals surface area (Å²) in [5.41, 5.74) is -0.304. The summed E-state index contributed by atoms with van der Waals surface area (Å²) in [4.78, 5) is 25.5. The second-order valence-electron chi connectivity index (χ2n) is 4.36. The molecule has 1 saturated heterocycles. The van der Waals surface area contributed by atoms with Crippen molar-refractivity contribution in [1.82, 2.24) is 20.0 Å². The third kappa shape index (κ3) is 3.54. The van der Waals surface area contributed by atoms with Crippen molar-refractivity contribution in [2.45, 2.75) is 13.0 Å². The molecule has 0 aromatic carbocycles. The Bertz CT molecular complexity index is 492. The van der Waals surface area contributed by atoms with E-state index in [1.165, 1.54) is 19.2 Å². The van der Waals surface area contributed by atoms with Crippen LogP contribution in [0.3, 0.4) is 0 Å². The molecule has 0 radical (unpaired) electrons. The van der Waals surface area contributed by atoms with Gasteiger partial charge in [-0.3, -0.25) is 9.59 Å². The number of methoxy groups -OCH3 is 1. The fraction of sp³-hybridized carbons (Fsp3) is 0.583. The minimum Gasteiger partial charge on any atom is -0.480 e. The zero-order valence-corrected chi connectivity index (χ0v) is 11.0. The van der Waals surface area contributed by atoms with Gasteiger partial charge in [-0.05, 0) is 13.0 Å². The number of hydrogen-bond donors (Lipinski definition) is 1. The summed E-state index contributed by atoms with van der Waals surface area (Å²) in [5.74, 6) is 0.233. The summed E-state index contributed by atoms with van der Waals surface area (Å²) in [6.45, 7) is 3.03. The van der Waals surface area contributed by atoms with Gasteiger partial charge in [-0.15, -0.1) is 5.10 Å². The first-order chi connectivity index (χ1) is 9.20. The van der Waals surface area contributed by atoms with Gasteiger partial charge in [-0.2, -0.15) is 0 Å². The van der Waals surface area contributed by atoms with E-state index in [1.807, 2.05) is 0 Å². The first-order valence-corrected chi connectivity index (χ1v) is 6.31. The molecule has 19 heavy (non-hydrogen) atoms. The molecule has 2 heterocycles. The number of rotatable bonds is 3. The largest absolute Gasteiger partial charge is 0.480 e. The molecule has 104 valence electrons. The number of amides is 1. The first kappa shape index (κ1) is 13.5. The predicted molar refractivity (Wildman–Crippen MR) is 69.1 cm³/mol. The van der Waals surface area contributed by atoms with E-state index < -0.39 is 0 Å².